The second-order valence-electron chi connectivity index (χ2n) is 4.30. The summed E-state index contributed by atoms with van der Waals surface area (Å²) >= 11 is 0. The first-order valence-electron chi connectivity index (χ1n) is 5.77. The Morgan fingerprint density at radius 2 is 2.06 bits per heavy atom. The first-order valence-corrected chi connectivity index (χ1v) is 5.77. The van der Waals surface area contributed by atoms with E-state index in [-0.39, 0.29) is 5.92 Å². The van der Waals surface area contributed by atoms with Gasteiger partial charge in [0.15, 0.2) is 0 Å². The minimum atomic E-state index is 0.129. The van der Waals surface area contributed by atoms with Gasteiger partial charge in [0, 0.05) is 18.7 Å². The van der Waals surface area contributed by atoms with Gasteiger partial charge in [0.1, 0.15) is 0 Å². The zero-order chi connectivity index (χ0) is 12.3. The van der Waals surface area contributed by atoms with Gasteiger partial charge >= 0.3 is 0 Å². The third-order valence-corrected chi connectivity index (χ3v) is 2.99. The molecular formula is C14H17N3. The predicted molar refractivity (Wildman–Crippen MR) is 68.8 cm³/mol. The van der Waals surface area contributed by atoms with Crippen LogP contribution >= 0.6 is 0 Å². The van der Waals surface area contributed by atoms with E-state index in [1.165, 1.54) is 16.7 Å². The molecule has 0 saturated carbocycles. The molecule has 0 amide bonds. The van der Waals surface area contributed by atoms with Crippen LogP contribution in [0.5, 0.6) is 0 Å². The van der Waals surface area contributed by atoms with Gasteiger partial charge in [-0.15, -0.1) is 0 Å². The Bertz CT molecular complexity index is 494. The second kappa shape index (κ2) is 5.06. The van der Waals surface area contributed by atoms with E-state index < -0.39 is 0 Å². The molecule has 1 atom stereocenters. The Morgan fingerprint density at radius 1 is 1.24 bits per heavy atom. The van der Waals surface area contributed by atoms with Crippen LogP contribution in [0, 0.1) is 13.8 Å². The van der Waals surface area contributed by atoms with Crippen molar-refractivity contribution in [1.29, 1.82) is 0 Å². The zero-order valence-electron chi connectivity index (χ0n) is 10.2. The van der Waals surface area contributed by atoms with Crippen LogP contribution in [-0.2, 0) is 0 Å². The molecule has 1 unspecified atom stereocenters. The molecule has 2 rings (SSSR count). The van der Waals surface area contributed by atoms with E-state index in [9.17, 15) is 0 Å². The molecule has 0 aliphatic carbocycles. The fraction of sp³-hybridized carbons (Fsp3) is 0.286. The Kier molecular flexibility index (Phi) is 3.49. The van der Waals surface area contributed by atoms with Gasteiger partial charge in [-0.1, -0.05) is 23.8 Å². The van der Waals surface area contributed by atoms with Crippen molar-refractivity contribution in [3.05, 3.63) is 58.9 Å². The van der Waals surface area contributed by atoms with Gasteiger partial charge in [-0.25, -0.2) is 0 Å². The van der Waals surface area contributed by atoms with Gasteiger partial charge in [-0.2, -0.15) is 10.2 Å². The fourth-order valence-electron chi connectivity index (χ4n) is 2.12. The van der Waals surface area contributed by atoms with Crippen LogP contribution in [0.3, 0.4) is 0 Å². The summed E-state index contributed by atoms with van der Waals surface area (Å²) in [5.41, 5.74) is 10.6. The maximum Gasteiger partial charge on any atom is 0.0718 e. The first kappa shape index (κ1) is 11.7. The molecule has 0 bridgehead atoms. The standard InChI is InChI=1S/C14H17N3/c1-10-5-6-12(11(2)8-10)13(9-15)14-4-3-7-16-17-14/h3-8,13H,9,15H2,1-2H3. The fourth-order valence-corrected chi connectivity index (χ4v) is 2.12. The van der Waals surface area contributed by atoms with Crippen molar-refractivity contribution in [3.8, 4) is 0 Å². The lowest BCUT2D eigenvalue weighted by Crippen LogP contribution is -2.16. The smallest absolute Gasteiger partial charge is 0.0718 e. The van der Waals surface area contributed by atoms with Gasteiger partial charge in [0.05, 0.1) is 5.69 Å². The number of hydrogen-bond donors (Lipinski definition) is 1. The molecule has 3 heteroatoms. The van der Waals surface area contributed by atoms with Crippen molar-refractivity contribution >= 4 is 0 Å². The molecule has 88 valence electrons. The largest absolute Gasteiger partial charge is 0.329 e. The minimum Gasteiger partial charge on any atom is -0.329 e. The maximum absolute atomic E-state index is 5.88. The first-order chi connectivity index (χ1) is 8.22. The summed E-state index contributed by atoms with van der Waals surface area (Å²) in [6.07, 6.45) is 1.68. The molecule has 3 nitrogen and oxygen atoms in total. The van der Waals surface area contributed by atoms with E-state index in [1.54, 1.807) is 6.20 Å². The van der Waals surface area contributed by atoms with Crippen molar-refractivity contribution in [1.82, 2.24) is 10.2 Å². The summed E-state index contributed by atoms with van der Waals surface area (Å²) in [6.45, 7) is 4.75. The predicted octanol–water partition coefficient (Wildman–Crippen LogP) is 2.18. The lowest BCUT2D eigenvalue weighted by atomic mass is 9.91. The summed E-state index contributed by atoms with van der Waals surface area (Å²) in [5, 5.41) is 8.08. The Morgan fingerprint density at radius 3 is 2.65 bits per heavy atom. The molecule has 0 saturated heterocycles. The average molecular weight is 227 g/mol. The highest BCUT2D eigenvalue weighted by Gasteiger charge is 2.15. The number of benzene rings is 1. The number of aromatic nitrogens is 2. The number of hydrogen-bond acceptors (Lipinski definition) is 3. The molecule has 17 heavy (non-hydrogen) atoms. The van der Waals surface area contributed by atoms with Crippen molar-refractivity contribution < 1.29 is 0 Å². The Labute approximate surface area is 102 Å². The van der Waals surface area contributed by atoms with E-state index in [0.717, 1.165) is 5.69 Å². The highest BCUT2D eigenvalue weighted by molar-refractivity contribution is 5.37. The van der Waals surface area contributed by atoms with Gasteiger partial charge < -0.3 is 5.73 Å². The molecule has 0 fully saturated rings. The number of nitrogens with zero attached hydrogens (tertiary/aromatic N) is 2. The van der Waals surface area contributed by atoms with Crippen LogP contribution in [0.15, 0.2) is 36.5 Å². The molecule has 2 N–H and O–H groups in total. The lowest BCUT2D eigenvalue weighted by Gasteiger charge is -2.17. The van der Waals surface area contributed by atoms with Crippen LogP contribution in [0.1, 0.15) is 28.3 Å². The SMILES string of the molecule is Cc1ccc(C(CN)c2cccnn2)c(C)c1. The van der Waals surface area contributed by atoms with Gasteiger partial charge in [-0.05, 0) is 37.1 Å². The van der Waals surface area contributed by atoms with Crippen molar-refractivity contribution in [2.24, 2.45) is 5.73 Å². The van der Waals surface area contributed by atoms with Gasteiger partial charge in [-0.3, -0.25) is 0 Å². The highest BCUT2D eigenvalue weighted by Crippen LogP contribution is 2.25. The molecule has 1 aromatic carbocycles. The summed E-state index contributed by atoms with van der Waals surface area (Å²) in [6, 6.07) is 10.3. The molecular weight excluding hydrogens is 210 g/mol. The third-order valence-electron chi connectivity index (χ3n) is 2.99. The van der Waals surface area contributed by atoms with Crippen molar-refractivity contribution in [2.75, 3.05) is 6.54 Å². The summed E-state index contributed by atoms with van der Waals surface area (Å²) < 4.78 is 0. The monoisotopic (exact) mass is 227 g/mol. The number of rotatable bonds is 3. The van der Waals surface area contributed by atoms with Crippen molar-refractivity contribution in [2.45, 2.75) is 19.8 Å². The normalized spacial score (nSPS) is 12.4. The minimum absolute atomic E-state index is 0.129. The van der Waals surface area contributed by atoms with Gasteiger partial charge in [0.2, 0.25) is 0 Å². The van der Waals surface area contributed by atoms with Crippen LogP contribution in [0.4, 0.5) is 0 Å². The summed E-state index contributed by atoms with van der Waals surface area (Å²) in [5.74, 6) is 0.129. The molecule has 0 aliphatic heterocycles. The highest BCUT2D eigenvalue weighted by atomic mass is 15.1. The Balaban J connectivity index is 2.42. The van der Waals surface area contributed by atoms with E-state index in [0.29, 0.717) is 6.54 Å². The number of aryl methyl sites for hydroxylation is 2. The molecule has 0 spiro atoms. The van der Waals surface area contributed by atoms with Crippen LogP contribution in [0.25, 0.3) is 0 Å². The topological polar surface area (TPSA) is 51.8 Å². The quantitative estimate of drug-likeness (QED) is 0.874. The molecule has 0 radical (unpaired) electrons. The molecule has 1 aromatic heterocycles. The molecule has 0 aliphatic rings. The molecule has 1 heterocycles. The second-order valence-corrected chi connectivity index (χ2v) is 4.30. The van der Waals surface area contributed by atoms with Crippen LogP contribution in [0.2, 0.25) is 0 Å². The average Bonchev–Trinajstić information content (AvgIpc) is 2.34. The Hall–Kier alpha value is -1.74. The van der Waals surface area contributed by atoms with E-state index in [4.69, 9.17) is 5.73 Å². The van der Waals surface area contributed by atoms with Crippen LogP contribution in [-0.4, -0.2) is 16.7 Å². The van der Waals surface area contributed by atoms with E-state index in [1.807, 2.05) is 12.1 Å². The maximum atomic E-state index is 5.88. The lowest BCUT2D eigenvalue weighted by molar-refractivity contribution is 0.755. The van der Waals surface area contributed by atoms with Crippen LogP contribution < -0.4 is 5.73 Å². The third kappa shape index (κ3) is 2.50. The summed E-state index contributed by atoms with van der Waals surface area (Å²) in [7, 11) is 0. The van der Waals surface area contributed by atoms with Gasteiger partial charge in [0.25, 0.3) is 0 Å². The zero-order valence-corrected chi connectivity index (χ0v) is 10.2. The molecule has 2 aromatic rings. The summed E-state index contributed by atoms with van der Waals surface area (Å²) in [4.78, 5) is 0. The van der Waals surface area contributed by atoms with E-state index >= 15 is 0 Å². The van der Waals surface area contributed by atoms with Crippen molar-refractivity contribution in [3.63, 3.8) is 0 Å². The van der Waals surface area contributed by atoms with E-state index in [2.05, 4.69) is 42.2 Å². The number of nitrogens with two attached hydrogens (primary N) is 1.